The van der Waals surface area contributed by atoms with Crippen molar-refractivity contribution in [1.29, 1.82) is 0 Å². The summed E-state index contributed by atoms with van der Waals surface area (Å²) in [6, 6.07) is 0. The Bertz CT molecular complexity index is 1540. The third kappa shape index (κ3) is 64.6. The Morgan fingerprint density at radius 3 is 1.02 bits per heavy atom. The molecule has 466 valence electrons. The molecule has 0 fully saturated rings. The third-order valence-electron chi connectivity index (χ3n) is 14.9. The molecule has 0 aromatic carbocycles. The van der Waals surface area contributed by atoms with Gasteiger partial charge in [0.2, 0.25) is 0 Å². The highest BCUT2D eigenvalue weighted by molar-refractivity contribution is 7.47. The first-order valence-electron chi connectivity index (χ1n) is 33.9. The van der Waals surface area contributed by atoms with Gasteiger partial charge in [-0.1, -0.05) is 324 Å². The van der Waals surface area contributed by atoms with Crippen LogP contribution in [0.3, 0.4) is 0 Å². The standard InChI is InChI=1S/C70H128NO8P/c1-3-5-7-9-11-13-15-17-19-21-23-25-27-29-31-33-35-36-38-40-42-44-46-48-50-52-54-56-58-60-62-69(72)76-66-68(67-78-80(74,75)77-65-64-71)79-70(73)63-61-59-57-55-53-51-49-47-45-43-41-39-37-34-32-30-28-26-24-22-20-18-16-14-12-10-8-6-4-2/h6,8,12,14,18,20,24,26,30,32,37,39,68H,3-5,7,9-11,13,15-17,19,21-23,25,27-29,31,33-36,38,40-67,71H2,1-2H3,(H,74,75)/b8-6-,14-12-,20-18-,26-24-,32-30-,39-37-. The van der Waals surface area contributed by atoms with Crippen LogP contribution in [-0.4, -0.2) is 49.3 Å². The predicted octanol–water partition coefficient (Wildman–Crippen LogP) is 22.0. The molecule has 3 N–H and O–H groups in total. The van der Waals surface area contributed by atoms with Gasteiger partial charge in [-0.2, -0.15) is 0 Å². The molecule has 0 aliphatic heterocycles. The number of hydrogen-bond donors (Lipinski definition) is 2. The number of carbonyl (C=O) groups is 2. The van der Waals surface area contributed by atoms with E-state index in [-0.39, 0.29) is 38.6 Å². The van der Waals surface area contributed by atoms with Gasteiger partial charge in [0.1, 0.15) is 6.61 Å². The van der Waals surface area contributed by atoms with E-state index >= 15 is 0 Å². The number of carbonyl (C=O) groups excluding carboxylic acids is 2. The maximum absolute atomic E-state index is 12.8. The maximum atomic E-state index is 12.8. The molecule has 0 bridgehead atoms. The zero-order valence-electron chi connectivity index (χ0n) is 52.3. The summed E-state index contributed by atoms with van der Waals surface area (Å²) in [5.74, 6) is -0.820. The molecule has 0 aliphatic rings. The van der Waals surface area contributed by atoms with Gasteiger partial charge in [-0.15, -0.1) is 0 Å². The molecule has 0 rings (SSSR count). The van der Waals surface area contributed by atoms with Crippen molar-refractivity contribution in [2.75, 3.05) is 26.4 Å². The molecule has 0 saturated carbocycles. The van der Waals surface area contributed by atoms with Crippen LogP contribution in [0.2, 0.25) is 0 Å². The summed E-state index contributed by atoms with van der Waals surface area (Å²) in [7, 11) is -4.40. The third-order valence-corrected chi connectivity index (χ3v) is 15.8. The second-order valence-corrected chi connectivity index (χ2v) is 24.1. The second kappa shape index (κ2) is 65.6. The molecule has 0 spiro atoms. The smallest absolute Gasteiger partial charge is 0.462 e. The molecule has 9 nitrogen and oxygen atoms in total. The molecule has 0 saturated heterocycles. The largest absolute Gasteiger partial charge is 0.472 e. The normalized spacial score (nSPS) is 13.4. The molecule has 0 aliphatic carbocycles. The highest BCUT2D eigenvalue weighted by Crippen LogP contribution is 2.43. The number of phosphoric acid groups is 1. The number of allylic oxidation sites excluding steroid dienone is 12. The van der Waals surface area contributed by atoms with E-state index in [0.717, 1.165) is 83.5 Å². The quantitative estimate of drug-likeness (QED) is 0.0264. The van der Waals surface area contributed by atoms with Gasteiger partial charge in [-0.05, 0) is 64.2 Å². The molecule has 0 aromatic heterocycles. The fraction of sp³-hybridized carbons (Fsp3) is 0.800. The van der Waals surface area contributed by atoms with E-state index in [0.29, 0.717) is 6.42 Å². The summed E-state index contributed by atoms with van der Waals surface area (Å²) >= 11 is 0. The minimum atomic E-state index is -4.40. The highest BCUT2D eigenvalue weighted by Gasteiger charge is 2.26. The lowest BCUT2D eigenvalue weighted by molar-refractivity contribution is -0.161. The Morgan fingerprint density at radius 1 is 0.388 bits per heavy atom. The van der Waals surface area contributed by atoms with Gasteiger partial charge in [0.25, 0.3) is 0 Å². The van der Waals surface area contributed by atoms with E-state index in [4.69, 9.17) is 24.3 Å². The monoisotopic (exact) mass is 1140 g/mol. The van der Waals surface area contributed by atoms with Crippen molar-refractivity contribution in [2.45, 2.75) is 335 Å². The van der Waals surface area contributed by atoms with Gasteiger partial charge in [0.05, 0.1) is 13.2 Å². The van der Waals surface area contributed by atoms with E-state index < -0.39 is 26.5 Å². The maximum Gasteiger partial charge on any atom is 0.472 e. The van der Waals surface area contributed by atoms with Crippen LogP contribution in [0.25, 0.3) is 0 Å². The van der Waals surface area contributed by atoms with Crippen LogP contribution in [0.4, 0.5) is 0 Å². The molecule has 0 radical (unpaired) electrons. The van der Waals surface area contributed by atoms with Gasteiger partial charge >= 0.3 is 19.8 Å². The lowest BCUT2D eigenvalue weighted by Gasteiger charge is -2.19. The van der Waals surface area contributed by atoms with Gasteiger partial charge in [0.15, 0.2) is 6.10 Å². The van der Waals surface area contributed by atoms with Crippen LogP contribution in [0, 0.1) is 0 Å². The average molecular weight is 1140 g/mol. The molecular weight excluding hydrogens is 1010 g/mol. The van der Waals surface area contributed by atoms with E-state index in [1.807, 2.05) is 0 Å². The van der Waals surface area contributed by atoms with Crippen molar-refractivity contribution < 1.29 is 37.6 Å². The molecule has 2 atom stereocenters. The molecule has 0 aromatic rings. The van der Waals surface area contributed by atoms with Crippen molar-refractivity contribution >= 4 is 19.8 Å². The SMILES string of the molecule is CC/C=C\C/C=C\C/C=C\C/C=C\C/C=C\C/C=C\CCCCCCCCCCCCC(=O)OC(COC(=O)CCCCCCCCCCCCCCCCCCCCCCCCCCCCCCCC)COP(=O)(O)OCCN. The van der Waals surface area contributed by atoms with Crippen molar-refractivity contribution in [3.05, 3.63) is 72.9 Å². The van der Waals surface area contributed by atoms with Crippen LogP contribution < -0.4 is 5.73 Å². The first kappa shape index (κ1) is 77.5. The van der Waals surface area contributed by atoms with Crippen molar-refractivity contribution in [1.82, 2.24) is 0 Å². The Hall–Kier alpha value is -2.55. The minimum absolute atomic E-state index is 0.0516. The van der Waals surface area contributed by atoms with Gasteiger partial charge in [0, 0.05) is 19.4 Å². The lowest BCUT2D eigenvalue weighted by atomic mass is 10.0. The average Bonchev–Trinajstić information content (AvgIpc) is 3.45. The van der Waals surface area contributed by atoms with Crippen LogP contribution >= 0.6 is 7.82 Å². The summed E-state index contributed by atoms with van der Waals surface area (Å²) in [5, 5.41) is 0. The fourth-order valence-electron chi connectivity index (χ4n) is 9.88. The summed E-state index contributed by atoms with van der Waals surface area (Å²) < 4.78 is 33.2. The van der Waals surface area contributed by atoms with E-state index in [9.17, 15) is 19.0 Å². The molecule has 2 unspecified atom stereocenters. The summed E-state index contributed by atoms with van der Waals surface area (Å²) in [4.78, 5) is 35.3. The Labute approximate surface area is 494 Å². The van der Waals surface area contributed by atoms with Crippen molar-refractivity contribution in [3.8, 4) is 0 Å². The second-order valence-electron chi connectivity index (χ2n) is 22.7. The van der Waals surface area contributed by atoms with Crippen LogP contribution in [0.1, 0.15) is 328 Å². The van der Waals surface area contributed by atoms with Gasteiger partial charge in [-0.25, -0.2) is 4.57 Å². The number of esters is 2. The zero-order chi connectivity index (χ0) is 58.0. The number of nitrogens with two attached hydrogens (primary N) is 1. The summed E-state index contributed by atoms with van der Waals surface area (Å²) in [6.45, 7) is 3.68. The summed E-state index contributed by atoms with van der Waals surface area (Å²) in [5.41, 5.74) is 5.40. The first-order chi connectivity index (χ1) is 39.3. The van der Waals surface area contributed by atoms with Crippen molar-refractivity contribution in [3.63, 3.8) is 0 Å². The Balaban J connectivity index is 3.89. The molecule has 0 heterocycles. The van der Waals surface area contributed by atoms with Gasteiger partial charge < -0.3 is 20.1 Å². The number of phosphoric ester groups is 1. The molecule has 80 heavy (non-hydrogen) atoms. The lowest BCUT2D eigenvalue weighted by Crippen LogP contribution is -2.29. The molecule has 0 amide bonds. The number of rotatable bonds is 64. The molecule has 10 heteroatoms. The van der Waals surface area contributed by atoms with Crippen molar-refractivity contribution in [2.24, 2.45) is 5.73 Å². The summed E-state index contributed by atoms with van der Waals surface area (Å²) in [6.07, 6.45) is 85.6. The topological polar surface area (TPSA) is 134 Å². The number of unbranched alkanes of at least 4 members (excludes halogenated alkanes) is 39. The highest BCUT2D eigenvalue weighted by atomic mass is 31.2. The van der Waals surface area contributed by atoms with Crippen LogP contribution in [0.5, 0.6) is 0 Å². The van der Waals surface area contributed by atoms with E-state index in [2.05, 4.69) is 86.8 Å². The number of hydrogen-bond acceptors (Lipinski definition) is 8. The van der Waals surface area contributed by atoms with Gasteiger partial charge in [-0.3, -0.25) is 18.6 Å². The van der Waals surface area contributed by atoms with E-state index in [1.54, 1.807) is 0 Å². The van der Waals surface area contributed by atoms with Crippen LogP contribution in [0.15, 0.2) is 72.9 Å². The fourth-order valence-corrected chi connectivity index (χ4v) is 10.6. The van der Waals surface area contributed by atoms with Crippen LogP contribution in [-0.2, 0) is 32.7 Å². The predicted molar refractivity (Wildman–Crippen MR) is 344 cm³/mol. The Morgan fingerprint density at radius 2 is 0.688 bits per heavy atom. The minimum Gasteiger partial charge on any atom is -0.462 e. The number of ether oxygens (including phenoxy) is 2. The Kier molecular flexibility index (Phi) is 63.5. The molecular formula is C70H128NO8P. The first-order valence-corrected chi connectivity index (χ1v) is 35.4. The zero-order valence-corrected chi connectivity index (χ0v) is 53.2. The van der Waals surface area contributed by atoms with E-state index in [1.165, 1.54) is 212 Å².